The molecule has 10 heteroatoms. The molecule has 1 aliphatic rings. The van der Waals surface area contributed by atoms with Crippen LogP contribution in [0.4, 0.5) is 10.1 Å². The Morgan fingerprint density at radius 1 is 1.05 bits per heavy atom. The van der Waals surface area contributed by atoms with Crippen molar-refractivity contribution in [2.24, 2.45) is 7.05 Å². The second-order valence-corrected chi connectivity index (χ2v) is 10.1. The number of aromatic amines is 1. The van der Waals surface area contributed by atoms with Gasteiger partial charge in [0.25, 0.3) is 23.5 Å². The summed E-state index contributed by atoms with van der Waals surface area (Å²) in [7, 11) is 1.63. The lowest BCUT2D eigenvalue weighted by Gasteiger charge is -2.39. The number of ketones is 1. The average Bonchev–Trinajstić information content (AvgIpc) is 3.48. The Balaban J connectivity index is 1.46. The van der Waals surface area contributed by atoms with E-state index < -0.39 is 23.1 Å². The molecule has 3 N–H and O–H groups in total. The number of aryl methyl sites for hydroxylation is 1. The summed E-state index contributed by atoms with van der Waals surface area (Å²) in [4.78, 5) is 56.7. The van der Waals surface area contributed by atoms with E-state index in [4.69, 9.17) is 0 Å². The Labute approximate surface area is 220 Å². The third-order valence-electron chi connectivity index (χ3n) is 7.41. The van der Waals surface area contributed by atoms with Gasteiger partial charge in [-0.05, 0) is 75.9 Å². The maximum Gasteiger partial charge on any atom is 0.294 e. The Hall–Kier alpha value is -4.21. The summed E-state index contributed by atoms with van der Waals surface area (Å²) in [5.74, 6) is -2.40. The van der Waals surface area contributed by atoms with Gasteiger partial charge >= 0.3 is 0 Å². The summed E-state index contributed by atoms with van der Waals surface area (Å²) in [5.41, 5.74) is 2.07. The number of nitrogens with one attached hydrogen (secondary N) is 3. The Bertz CT molecular complexity index is 1420. The molecule has 1 aromatic carbocycles. The minimum absolute atomic E-state index is 0.0767. The molecule has 4 rings (SSSR count). The monoisotopic (exact) mass is 521 g/mol. The lowest BCUT2D eigenvalue weighted by atomic mass is 9.89. The predicted octanol–water partition coefficient (Wildman–Crippen LogP) is 3.66. The van der Waals surface area contributed by atoms with E-state index in [0.29, 0.717) is 54.0 Å². The first-order valence-corrected chi connectivity index (χ1v) is 12.4. The second-order valence-electron chi connectivity index (χ2n) is 10.1. The van der Waals surface area contributed by atoms with E-state index in [1.165, 1.54) is 18.2 Å². The van der Waals surface area contributed by atoms with Gasteiger partial charge in [-0.2, -0.15) is 0 Å². The van der Waals surface area contributed by atoms with E-state index in [1.807, 2.05) is 6.92 Å². The number of halogens is 1. The molecule has 0 unspecified atom stereocenters. The van der Waals surface area contributed by atoms with Gasteiger partial charge in [-0.3, -0.25) is 19.2 Å². The zero-order valence-corrected chi connectivity index (χ0v) is 22.2. The van der Waals surface area contributed by atoms with Crippen LogP contribution in [0.25, 0.3) is 0 Å². The third-order valence-corrected chi connectivity index (χ3v) is 7.41. The lowest BCUT2D eigenvalue weighted by Crippen LogP contribution is -2.55. The highest BCUT2D eigenvalue weighted by atomic mass is 19.1. The number of carbonyl (C=O) groups is 4. The molecule has 2 aromatic heterocycles. The van der Waals surface area contributed by atoms with Crippen LogP contribution in [0, 0.1) is 26.6 Å². The smallest absolute Gasteiger partial charge is 0.294 e. The number of anilines is 1. The van der Waals surface area contributed by atoms with Gasteiger partial charge < -0.3 is 25.1 Å². The Kier molecular flexibility index (Phi) is 7.26. The van der Waals surface area contributed by atoms with Crippen molar-refractivity contribution in [3.8, 4) is 0 Å². The molecule has 3 heterocycles. The molecule has 0 atom stereocenters. The van der Waals surface area contributed by atoms with Gasteiger partial charge in [0.2, 0.25) is 0 Å². The molecule has 1 fully saturated rings. The molecule has 0 saturated carbocycles. The summed E-state index contributed by atoms with van der Waals surface area (Å²) in [6.45, 7) is 7.69. The number of Topliss-reactive ketones (excluding diaryl/α,β-unsaturated/α-hetero) is 1. The first kappa shape index (κ1) is 26.8. The number of benzene rings is 1. The highest BCUT2D eigenvalue weighted by molar-refractivity contribution is 6.43. The van der Waals surface area contributed by atoms with E-state index in [2.05, 4.69) is 15.6 Å². The van der Waals surface area contributed by atoms with Crippen LogP contribution in [0.3, 0.4) is 0 Å². The van der Waals surface area contributed by atoms with Crippen molar-refractivity contribution in [2.45, 2.75) is 46.1 Å². The Morgan fingerprint density at radius 2 is 1.74 bits per heavy atom. The largest absolute Gasteiger partial charge is 0.367 e. The van der Waals surface area contributed by atoms with Crippen molar-refractivity contribution in [3.63, 3.8) is 0 Å². The highest BCUT2D eigenvalue weighted by Gasteiger charge is 2.36. The van der Waals surface area contributed by atoms with Crippen molar-refractivity contribution < 1.29 is 23.6 Å². The van der Waals surface area contributed by atoms with E-state index in [-0.39, 0.29) is 23.0 Å². The fourth-order valence-electron chi connectivity index (χ4n) is 4.96. The molecule has 0 bridgehead atoms. The molecule has 1 saturated heterocycles. The number of rotatable bonds is 6. The van der Waals surface area contributed by atoms with Crippen LogP contribution in [0.15, 0.2) is 36.7 Å². The maximum absolute atomic E-state index is 13.6. The van der Waals surface area contributed by atoms with Crippen molar-refractivity contribution >= 4 is 29.2 Å². The standard InChI is InChI=1S/C28H32FN5O4/c1-16-14-20(6-7-21(16)29)31-25(36)22-17(2)23(33(5)18(22)3)24(35)26(37)32-28(4)9-12-34(13-10-28)27(38)19-8-11-30-15-19/h6-8,11,14-15,30H,9-10,12-13H2,1-5H3,(H,31,36)(H,32,37). The second kappa shape index (κ2) is 10.3. The molecular weight excluding hydrogens is 489 g/mol. The highest BCUT2D eigenvalue weighted by Crippen LogP contribution is 2.26. The summed E-state index contributed by atoms with van der Waals surface area (Å²) in [5, 5.41) is 5.62. The molecule has 3 aromatic rings. The van der Waals surface area contributed by atoms with Crippen LogP contribution < -0.4 is 10.6 Å². The van der Waals surface area contributed by atoms with E-state index >= 15 is 0 Å². The number of H-pyrrole nitrogens is 1. The normalized spacial score (nSPS) is 14.7. The molecule has 0 spiro atoms. The van der Waals surface area contributed by atoms with Gasteiger partial charge in [0.1, 0.15) is 5.82 Å². The van der Waals surface area contributed by atoms with Gasteiger partial charge in [0.15, 0.2) is 0 Å². The van der Waals surface area contributed by atoms with Crippen molar-refractivity contribution in [1.82, 2.24) is 19.8 Å². The average molecular weight is 522 g/mol. The van der Waals surface area contributed by atoms with Crippen LogP contribution in [-0.4, -0.2) is 56.6 Å². The van der Waals surface area contributed by atoms with Gasteiger partial charge in [0.05, 0.1) is 16.8 Å². The predicted molar refractivity (Wildman–Crippen MR) is 141 cm³/mol. The number of hydrogen-bond acceptors (Lipinski definition) is 4. The van der Waals surface area contributed by atoms with E-state index in [9.17, 15) is 23.6 Å². The minimum atomic E-state index is -0.761. The van der Waals surface area contributed by atoms with Gasteiger partial charge in [-0.25, -0.2) is 4.39 Å². The van der Waals surface area contributed by atoms with Crippen LogP contribution in [0.5, 0.6) is 0 Å². The molecule has 9 nitrogen and oxygen atoms in total. The number of nitrogens with zero attached hydrogens (tertiary/aromatic N) is 2. The van der Waals surface area contributed by atoms with Gasteiger partial charge in [-0.15, -0.1) is 0 Å². The summed E-state index contributed by atoms with van der Waals surface area (Å²) >= 11 is 0. The first-order valence-electron chi connectivity index (χ1n) is 12.4. The van der Waals surface area contributed by atoms with Crippen LogP contribution in [-0.2, 0) is 11.8 Å². The molecule has 0 radical (unpaired) electrons. The molecule has 200 valence electrons. The fourth-order valence-corrected chi connectivity index (χ4v) is 4.96. The zero-order valence-electron chi connectivity index (χ0n) is 22.2. The topological polar surface area (TPSA) is 116 Å². The minimum Gasteiger partial charge on any atom is -0.367 e. The fraction of sp³-hybridized carbons (Fsp3) is 0.357. The SMILES string of the molecule is Cc1cc(NC(=O)c2c(C)c(C(=O)C(=O)NC3(C)CCN(C(=O)c4cc[nH]c4)CC3)n(C)c2C)ccc1F. The number of piperidine rings is 1. The number of likely N-dealkylation sites (tertiary alicyclic amines) is 1. The molecule has 1 aliphatic heterocycles. The molecule has 0 aliphatic carbocycles. The van der Waals surface area contributed by atoms with Crippen molar-refractivity contribution in [1.29, 1.82) is 0 Å². The first-order chi connectivity index (χ1) is 17.9. The molecule has 38 heavy (non-hydrogen) atoms. The number of hydrogen-bond donors (Lipinski definition) is 3. The summed E-state index contributed by atoms with van der Waals surface area (Å²) in [6.07, 6.45) is 4.34. The van der Waals surface area contributed by atoms with Crippen LogP contribution >= 0.6 is 0 Å². The van der Waals surface area contributed by atoms with Crippen molar-refractivity contribution in [3.05, 3.63) is 76.1 Å². The number of aromatic nitrogens is 2. The number of amides is 3. The molecule has 3 amide bonds. The van der Waals surface area contributed by atoms with E-state index in [0.717, 1.165) is 0 Å². The maximum atomic E-state index is 13.6. The van der Waals surface area contributed by atoms with Gasteiger partial charge in [0, 0.05) is 49.5 Å². The summed E-state index contributed by atoms with van der Waals surface area (Å²) < 4.78 is 15.2. The zero-order chi connectivity index (χ0) is 27.8. The van der Waals surface area contributed by atoms with Gasteiger partial charge in [-0.1, -0.05) is 0 Å². The van der Waals surface area contributed by atoms with Crippen LogP contribution in [0.2, 0.25) is 0 Å². The Morgan fingerprint density at radius 3 is 2.34 bits per heavy atom. The number of carbonyl (C=O) groups excluding carboxylic acids is 4. The van der Waals surface area contributed by atoms with Crippen LogP contribution in [0.1, 0.15) is 67.8 Å². The van der Waals surface area contributed by atoms with E-state index in [1.54, 1.807) is 55.7 Å². The quantitative estimate of drug-likeness (QED) is 0.339. The van der Waals surface area contributed by atoms with Crippen molar-refractivity contribution in [2.75, 3.05) is 18.4 Å². The summed E-state index contributed by atoms with van der Waals surface area (Å²) in [6, 6.07) is 5.98. The third kappa shape index (κ3) is 5.11. The lowest BCUT2D eigenvalue weighted by molar-refractivity contribution is -0.119. The molecular formula is C28H32FN5O4.